The van der Waals surface area contributed by atoms with Gasteiger partial charge >= 0.3 is 5.97 Å². The van der Waals surface area contributed by atoms with Crippen LogP contribution in [0.4, 0.5) is 0 Å². The van der Waals surface area contributed by atoms with Gasteiger partial charge in [0.1, 0.15) is 0 Å². The number of allylic oxidation sites excluding steroid dienone is 4. The molecule has 0 aromatic carbocycles. The summed E-state index contributed by atoms with van der Waals surface area (Å²) in [7, 11) is 0. The summed E-state index contributed by atoms with van der Waals surface area (Å²) in [5.41, 5.74) is 0. The zero-order valence-electron chi connectivity index (χ0n) is 12.7. The highest BCUT2D eigenvalue weighted by Crippen LogP contribution is 2.08. The van der Waals surface area contributed by atoms with Crippen molar-refractivity contribution in [3.63, 3.8) is 0 Å². The van der Waals surface area contributed by atoms with Crippen molar-refractivity contribution in [2.45, 2.75) is 71.6 Å². The van der Waals surface area contributed by atoms with E-state index in [2.05, 4.69) is 31.2 Å². The summed E-state index contributed by atoms with van der Waals surface area (Å²) in [4.78, 5) is 10.9. The van der Waals surface area contributed by atoms with Crippen molar-refractivity contribution in [2.75, 3.05) is 6.61 Å². The van der Waals surface area contributed by atoms with E-state index >= 15 is 0 Å². The van der Waals surface area contributed by atoms with Crippen LogP contribution in [0.25, 0.3) is 0 Å². The van der Waals surface area contributed by atoms with E-state index in [0.29, 0.717) is 13.0 Å². The van der Waals surface area contributed by atoms with E-state index in [9.17, 15) is 4.79 Å². The van der Waals surface area contributed by atoms with E-state index in [1.165, 1.54) is 38.5 Å². The first-order valence-corrected chi connectivity index (χ1v) is 7.73. The Balaban J connectivity index is 3.10. The smallest absolute Gasteiger partial charge is 0.305 e. The molecule has 0 amide bonds. The van der Waals surface area contributed by atoms with Crippen LogP contribution in [0.1, 0.15) is 71.6 Å². The van der Waals surface area contributed by atoms with Crippen LogP contribution >= 0.6 is 0 Å². The summed E-state index contributed by atoms with van der Waals surface area (Å²) in [6.45, 7) is 4.48. The van der Waals surface area contributed by atoms with Crippen LogP contribution in [0.2, 0.25) is 0 Å². The van der Waals surface area contributed by atoms with E-state index in [-0.39, 0.29) is 5.97 Å². The van der Waals surface area contributed by atoms with Gasteiger partial charge in [-0.3, -0.25) is 4.79 Å². The fourth-order valence-electron chi connectivity index (χ4n) is 1.79. The molecule has 110 valence electrons. The van der Waals surface area contributed by atoms with Gasteiger partial charge in [0, 0.05) is 6.42 Å². The molecular weight excluding hydrogens is 236 g/mol. The second-order valence-corrected chi connectivity index (χ2v) is 4.76. The molecule has 0 aliphatic carbocycles. The third kappa shape index (κ3) is 14.9. The Labute approximate surface area is 118 Å². The van der Waals surface area contributed by atoms with Crippen LogP contribution < -0.4 is 0 Å². The monoisotopic (exact) mass is 266 g/mol. The standard InChI is InChI=1S/C17H30O2/c1-3-5-6-7-8-9-10-11-12-13-14-15-16-19-17(18)4-2/h3,5,7-8H,4,6,9-16H2,1-2H3/b5-3+,8-7-. The van der Waals surface area contributed by atoms with Crippen LogP contribution in [0.3, 0.4) is 0 Å². The SMILES string of the molecule is C/C=C/C/C=C\CCCCCCCCOC(=O)CC. The first-order valence-electron chi connectivity index (χ1n) is 7.73. The van der Waals surface area contributed by atoms with E-state index in [1.54, 1.807) is 0 Å². The molecule has 0 unspecified atom stereocenters. The van der Waals surface area contributed by atoms with Crippen LogP contribution in [0.5, 0.6) is 0 Å². The molecule has 0 fully saturated rings. The van der Waals surface area contributed by atoms with Gasteiger partial charge in [-0.1, -0.05) is 56.9 Å². The first-order chi connectivity index (χ1) is 9.31. The largest absolute Gasteiger partial charge is 0.466 e. The zero-order chi connectivity index (χ0) is 14.2. The van der Waals surface area contributed by atoms with Gasteiger partial charge < -0.3 is 4.74 Å². The molecule has 2 nitrogen and oxygen atoms in total. The highest BCUT2D eigenvalue weighted by Gasteiger charge is 1.97. The lowest BCUT2D eigenvalue weighted by Crippen LogP contribution is -2.03. The molecule has 0 atom stereocenters. The Kier molecular flexibility index (Phi) is 14.2. The van der Waals surface area contributed by atoms with Gasteiger partial charge in [-0.25, -0.2) is 0 Å². The van der Waals surface area contributed by atoms with Gasteiger partial charge in [-0.05, 0) is 32.6 Å². The highest BCUT2D eigenvalue weighted by molar-refractivity contribution is 5.68. The van der Waals surface area contributed by atoms with E-state index in [4.69, 9.17) is 4.74 Å². The van der Waals surface area contributed by atoms with E-state index in [0.717, 1.165) is 12.8 Å². The van der Waals surface area contributed by atoms with Gasteiger partial charge in [0.2, 0.25) is 0 Å². The Bertz CT molecular complexity index is 254. The molecule has 0 aromatic heterocycles. The molecule has 0 aliphatic rings. The lowest BCUT2D eigenvalue weighted by atomic mass is 10.1. The van der Waals surface area contributed by atoms with Crippen molar-refractivity contribution in [1.82, 2.24) is 0 Å². The summed E-state index contributed by atoms with van der Waals surface area (Å²) in [6, 6.07) is 0. The third-order valence-electron chi connectivity index (χ3n) is 2.99. The van der Waals surface area contributed by atoms with Crippen molar-refractivity contribution in [3.8, 4) is 0 Å². The summed E-state index contributed by atoms with van der Waals surface area (Å²) in [5, 5.41) is 0. The number of ether oxygens (including phenoxy) is 1. The minimum atomic E-state index is -0.0790. The molecule has 0 N–H and O–H groups in total. The van der Waals surface area contributed by atoms with Crippen molar-refractivity contribution < 1.29 is 9.53 Å². The minimum Gasteiger partial charge on any atom is -0.466 e. The summed E-state index contributed by atoms with van der Waals surface area (Å²) in [5.74, 6) is -0.0790. The van der Waals surface area contributed by atoms with Gasteiger partial charge in [0.25, 0.3) is 0 Å². The zero-order valence-corrected chi connectivity index (χ0v) is 12.7. The number of carbonyl (C=O) groups is 1. The predicted octanol–water partition coefficient (Wildman–Crippen LogP) is 5.19. The number of rotatable bonds is 12. The molecule has 0 saturated heterocycles. The van der Waals surface area contributed by atoms with Crippen molar-refractivity contribution in [3.05, 3.63) is 24.3 Å². The summed E-state index contributed by atoms with van der Waals surface area (Å²) in [6.07, 6.45) is 18.9. The molecule has 0 radical (unpaired) electrons. The van der Waals surface area contributed by atoms with Gasteiger partial charge in [-0.2, -0.15) is 0 Å². The minimum absolute atomic E-state index is 0.0790. The molecule has 0 saturated carbocycles. The van der Waals surface area contributed by atoms with Gasteiger partial charge in [-0.15, -0.1) is 0 Å². The molecule has 0 rings (SSSR count). The molecule has 0 aliphatic heterocycles. The second kappa shape index (κ2) is 15.0. The molecule has 0 aromatic rings. The maximum Gasteiger partial charge on any atom is 0.305 e. The fraction of sp³-hybridized carbons (Fsp3) is 0.706. The Morgan fingerprint density at radius 3 is 2.32 bits per heavy atom. The van der Waals surface area contributed by atoms with Gasteiger partial charge in [0.05, 0.1) is 6.61 Å². The topological polar surface area (TPSA) is 26.3 Å². The average molecular weight is 266 g/mol. The average Bonchev–Trinajstić information content (AvgIpc) is 2.43. The van der Waals surface area contributed by atoms with Gasteiger partial charge in [0.15, 0.2) is 0 Å². The lowest BCUT2D eigenvalue weighted by molar-refractivity contribution is -0.143. The molecule has 0 spiro atoms. The first kappa shape index (κ1) is 17.9. The molecule has 0 bridgehead atoms. The Morgan fingerprint density at radius 2 is 1.63 bits per heavy atom. The normalized spacial score (nSPS) is 11.5. The summed E-state index contributed by atoms with van der Waals surface area (Å²) < 4.78 is 5.03. The Hall–Kier alpha value is -1.05. The highest BCUT2D eigenvalue weighted by atomic mass is 16.5. The van der Waals surface area contributed by atoms with Crippen LogP contribution in [-0.4, -0.2) is 12.6 Å². The number of carbonyl (C=O) groups excluding carboxylic acids is 1. The molecule has 0 heterocycles. The molecule has 19 heavy (non-hydrogen) atoms. The number of hydrogen-bond acceptors (Lipinski definition) is 2. The number of esters is 1. The molecule has 2 heteroatoms. The Morgan fingerprint density at radius 1 is 0.947 bits per heavy atom. The number of hydrogen-bond donors (Lipinski definition) is 0. The second-order valence-electron chi connectivity index (χ2n) is 4.76. The summed E-state index contributed by atoms with van der Waals surface area (Å²) >= 11 is 0. The third-order valence-corrected chi connectivity index (χ3v) is 2.99. The van der Waals surface area contributed by atoms with Crippen LogP contribution in [0, 0.1) is 0 Å². The van der Waals surface area contributed by atoms with Crippen molar-refractivity contribution >= 4 is 5.97 Å². The maximum absolute atomic E-state index is 10.9. The van der Waals surface area contributed by atoms with Crippen LogP contribution in [-0.2, 0) is 9.53 Å². The lowest BCUT2D eigenvalue weighted by Gasteiger charge is -2.03. The number of unbranched alkanes of at least 4 members (excludes halogenated alkanes) is 6. The maximum atomic E-state index is 10.9. The van der Waals surface area contributed by atoms with Crippen LogP contribution in [0.15, 0.2) is 24.3 Å². The quantitative estimate of drug-likeness (QED) is 0.276. The molecular formula is C17H30O2. The van der Waals surface area contributed by atoms with Crippen molar-refractivity contribution in [1.29, 1.82) is 0 Å². The van der Waals surface area contributed by atoms with E-state index in [1.807, 2.05) is 6.92 Å². The van der Waals surface area contributed by atoms with Crippen molar-refractivity contribution in [2.24, 2.45) is 0 Å². The fourth-order valence-corrected chi connectivity index (χ4v) is 1.79. The predicted molar refractivity (Wildman–Crippen MR) is 82.1 cm³/mol. The van der Waals surface area contributed by atoms with E-state index < -0.39 is 0 Å².